The molecule has 5 heterocycles. The van der Waals surface area contributed by atoms with Gasteiger partial charge in [0.05, 0.1) is 6.04 Å². The summed E-state index contributed by atoms with van der Waals surface area (Å²) in [6.45, 7) is 4.49. The number of nitrogens with zero attached hydrogens (tertiary/aromatic N) is 2. The average Bonchev–Trinajstić information content (AvgIpc) is 2.73. The minimum absolute atomic E-state index is 0.0162. The van der Waals surface area contributed by atoms with E-state index in [-0.39, 0.29) is 30.1 Å². The van der Waals surface area contributed by atoms with Gasteiger partial charge < -0.3 is 15.0 Å². The summed E-state index contributed by atoms with van der Waals surface area (Å²) in [5, 5.41) is 2.92. The quantitative estimate of drug-likeness (QED) is 0.852. The van der Waals surface area contributed by atoms with Crippen molar-refractivity contribution in [2.75, 3.05) is 32.7 Å². The Morgan fingerprint density at radius 1 is 1.07 bits per heavy atom. The molecule has 6 heteroatoms. The van der Waals surface area contributed by atoms with Crippen molar-refractivity contribution in [2.24, 2.45) is 11.8 Å². The van der Waals surface area contributed by atoms with E-state index in [1.807, 2.05) is 11.0 Å². The Kier molecular flexibility index (Phi) is 4.75. The first-order valence-electron chi connectivity index (χ1n) is 10.7. The molecule has 1 aromatic carbocycles. The molecular weight excluding hydrogens is 354 g/mol. The van der Waals surface area contributed by atoms with E-state index in [9.17, 15) is 9.59 Å². The summed E-state index contributed by atoms with van der Waals surface area (Å²) in [7, 11) is 0. The van der Waals surface area contributed by atoms with Gasteiger partial charge in [0.25, 0.3) is 0 Å². The number of carbonyl (C=O) groups excluding carboxylic acids is 2. The molecule has 0 aromatic heterocycles. The zero-order valence-corrected chi connectivity index (χ0v) is 16.3. The Bertz CT molecular complexity index is 759. The van der Waals surface area contributed by atoms with Gasteiger partial charge in [-0.3, -0.25) is 9.69 Å². The zero-order valence-electron chi connectivity index (χ0n) is 16.3. The molecule has 4 fully saturated rings. The van der Waals surface area contributed by atoms with Crippen molar-refractivity contribution >= 4 is 12.0 Å². The molecule has 0 aliphatic carbocycles. The lowest BCUT2D eigenvalue weighted by molar-refractivity contribution is -0.124. The number of hydrogen-bond acceptors (Lipinski definition) is 4. The number of carbonyl (C=O) groups is 2. The normalized spacial score (nSPS) is 34.5. The summed E-state index contributed by atoms with van der Waals surface area (Å²) in [4.78, 5) is 29.7. The fourth-order valence-electron chi connectivity index (χ4n) is 5.63. The van der Waals surface area contributed by atoms with Gasteiger partial charge >= 0.3 is 6.09 Å². The van der Waals surface area contributed by atoms with E-state index in [2.05, 4.69) is 28.4 Å². The lowest BCUT2D eigenvalue weighted by Gasteiger charge is -2.46. The molecule has 6 nitrogen and oxygen atoms in total. The molecule has 2 bridgehead atoms. The molecule has 6 rings (SSSR count). The summed E-state index contributed by atoms with van der Waals surface area (Å²) in [5.41, 5.74) is 2.49. The average molecular weight is 383 g/mol. The predicted molar refractivity (Wildman–Crippen MR) is 105 cm³/mol. The third kappa shape index (κ3) is 3.28. The van der Waals surface area contributed by atoms with Gasteiger partial charge in [0.1, 0.15) is 6.10 Å². The van der Waals surface area contributed by atoms with Crippen molar-refractivity contribution < 1.29 is 14.3 Å². The Balaban J connectivity index is 1.39. The molecule has 28 heavy (non-hydrogen) atoms. The van der Waals surface area contributed by atoms with Crippen molar-refractivity contribution in [3.8, 4) is 0 Å². The summed E-state index contributed by atoms with van der Waals surface area (Å²) < 4.78 is 6.07. The van der Waals surface area contributed by atoms with E-state index >= 15 is 0 Å². The van der Waals surface area contributed by atoms with E-state index in [1.54, 1.807) is 0 Å². The first-order valence-corrected chi connectivity index (χ1v) is 10.7. The van der Waals surface area contributed by atoms with Crippen molar-refractivity contribution in [1.82, 2.24) is 15.1 Å². The number of ether oxygens (including phenoxy) is 1. The number of rotatable bonds is 2. The van der Waals surface area contributed by atoms with Crippen LogP contribution in [0.2, 0.25) is 0 Å². The van der Waals surface area contributed by atoms with E-state index in [0.717, 1.165) is 45.3 Å². The molecular formula is C22H29N3O3. The highest BCUT2D eigenvalue weighted by Gasteiger charge is 2.42. The van der Waals surface area contributed by atoms with Crippen LogP contribution in [0.3, 0.4) is 0 Å². The van der Waals surface area contributed by atoms with Gasteiger partial charge in [-0.25, -0.2) is 4.79 Å². The smallest absolute Gasteiger partial charge is 0.410 e. The van der Waals surface area contributed by atoms with Crippen LogP contribution < -0.4 is 5.32 Å². The largest absolute Gasteiger partial charge is 0.444 e. The van der Waals surface area contributed by atoms with Crippen LogP contribution in [0.25, 0.3) is 0 Å². The van der Waals surface area contributed by atoms with Crippen molar-refractivity contribution in [2.45, 2.75) is 44.2 Å². The SMILES string of the molecule is O=C1CC(C2c3ccccc3CCN2C(=O)O[C@H]2CN3CCC2CC3)CCN1. The highest BCUT2D eigenvalue weighted by Crippen LogP contribution is 2.40. The second-order valence-corrected chi connectivity index (χ2v) is 8.75. The van der Waals surface area contributed by atoms with Crippen LogP contribution in [0, 0.1) is 11.8 Å². The third-order valence-corrected chi connectivity index (χ3v) is 7.15. The lowest BCUT2D eigenvalue weighted by atomic mass is 9.80. The van der Waals surface area contributed by atoms with Gasteiger partial charge in [0.15, 0.2) is 0 Å². The number of nitrogens with one attached hydrogen (secondary N) is 1. The fourth-order valence-corrected chi connectivity index (χ4v) is 5.63. The molecule has 150 valence electrons. The lowest BCUT2D eigenvalue weighted by Crippen LogP contribution is -2.54. The highest BCUT2D eigenvalue weighted by molar-refractivity contribution is 5.77. The fraction of sp³-hybridized carbons (Fsp3) is 0.636. The van der Waals surface area contributed by atoms with Crippen LogP contribution in [0.1, 0.15) is 42.9 Å². The first kappa shape index (κ1) is 18.0. The number of benzene rings is 1. The van der Waals surface area contributed by atoms with Gasteiger partial charge in [0.2, 0.25) is 5.91 Å². The summed E-state index contributed by atoms with van der Waals surface area (Å²) in [6, 6.07) is 8.31. The van der Waals surface area contributed by atoms with Crippen LogP contribution >= 0.6 is 0 Å². The Morgan fingerprint density at radius 3 is 2.64 bits per heavy atom. The maximum Gasteiger partial charge on any atom is 0.410 e. The van der Waals surface area contributed by atoms with Crippen LogP contribution in [-0.2, 0) is 16.0 Å². The molecule has 3 atom stereocenters. The van der Waals surface area contributed by atoms with Crippen molar-refractivity contribution in [3.05, 3.63) is 35.4 Å². The maximum atomic E-state index is 13.3. The summed E-state index contributed by atoms with van der Waals surface area (Å²) in [5.74, 6) is 0.740. The van der Waals surface area contributed by atoms with Crippen LogP contribution in [0.4, 0.5) is 4.79 Å². The molecule has 5 aliphatic rings. The molecule has 0 spiro atoms. The van der Waals surface area contributed by atoms with Gasteiger partial charge in [-0.2, -0.15) is 0 Å². The molecule has 2 unspecified atom stereocenters. The standard InChI is InChI=1S/C22H29N3O3/c26-20-13-17(5-9-23-20)21-18-4-2-1-3-15(18)8-12-25(21)22(27)28-19-14-24-10-6-16(19)7-11-24/h1-4,16-17,19,21H,5-14H2,(H,23,26)/t17?,19-,21?/m0/s1. The maximum absolute atomic E-state index is 13.3. The highest BCUT2D eigenvalue weighted by atomic mass is 16.6. The van der Waals surface area contributed by atoms with E-state index < -0.39 is 0 Å². The second kappa shape index (κ2) is 7.39. The zero-order chi connectivity index (χ0) is 19.1. The molecule has 0 saturated carbocycles. The number of fused-ring (bicyclic) bond motifs is 4. The van der Waals surface area contributed by atoms with Gasteiger partial charge in [0, 0.05) is 26.1 Å². The molecule has 4 saturated heterocycles. The van der Waals surface area contributed by atoms with E-state index in [1.165, 1.54) is 11.1 Å². The van der Waals surface area contributed by atoms with Crippen LogP contribution in [-0.4, -0.2) is 60.6 Å². The molecule has 0 radical (unpaired) electrons. The summed E-state index contributed by atoms with van der Waals surface area (Å²) in [6.07, 6.45) is 4.31. The number of piperidine rings is 4. The number of hydrogen-bond donors (Lipinski definition) is 1. The molecule has 5 aliphatic heterocycles. The number of amides is 2. The topological polar surface area (TPSA) is 61.9 Å². The Hall–Kier alpha value is -2.08. The monoisotopic (exact) mass is 383 g/mol. The van der Waals surface area contributed by atoms with Crippen LogP contribution in [0.5, 0.6) is 0 Å². The minimum Gasteiger partial charge on any atom is -0.444 e. The van der Waals surface area contributed by atoms with Crippen molar-refractivity contribution in [3.63, 3.8) is 0 Å². The second-order valence-electron chi connectivity index (χ2n) is 8.75. The van der Waals surface area contributed by atoms with E-state index in [4.69, 9.17) is 4.74 Å². The van der Waals surface area contributed by atoms with Gasteiger partial charge in [-0.1, -0.05) is 24.3 Å². The third-order valence-electron chi connectivity index (χ3n) is 7.15. The first-order chi connectivity index (χ1) is 13.7. The molecule has 1 aromatic rings. The minimum atomic E-state index is -0.191. The Labute approximate surface area is 166 Å². The van der Waals surface area contributed by atoms with E-state index in [0.29, 0.717) is 25.4 Å². The van der Waals surface area contributed by atoms with Gasteiger partial charge in [-0.15, -0.1) is 0 Å². The van der Waals surface area contributed by atoms with Crippen LogP contribution in [0.15, 0.2) is 24.3 Å². The van der Waals surface area contributed by atoms with Gasteiger partial charge in [-0.05, 0) is 61.7 Å². The Morgan fingerprint density at radius 2 is 1.89 bits per heavy atom. The van der Waals surface area contributed by atoms with Crippen molar-refractivity contribution in [1.29, 1.82) is 0 Å². The predicted octanol–water partition coefficient (Wildman–Crippen LogP) is 2.34. The summed E-state index contributed by atoms with van der Waals surface area (Å²) >= 11 is 0. The molecule has 2 amide bonds. The molecule has 1 N–H and O–H groups in total.